The number of carbonyl (C=O) groups excluding carboxylic acids is 2. The molecule has 0 aliphatic carbocycles. The lowest BCUT2D eigenvalue weighted by molar-refractivity contribution is -0.140. The number of aromatic nitrogens is 2. The molecule has 1 N–H and O–H groups in total. The Morgan fingerprint density at radius 2 is 1.76 bits per heavy atom. The number of amides is 1. The summed E-state index contributed by atoms with van der Waals surface area (Å²) < 4.78 is 7.23. The number of hydrogen-bond acceptors (Lipinski definition) is 6. The van der Waals surface area contributed by atoms with Crippen LogP contribution in [0.15, 0.2) is 66.4 Å². The number of likely N-dealkylation sites (N-methyl/N-ethyl adjacent to an activating group) is 1. The van der Waals surface area contributed by atoms with Crippen molar-refractivity contribution >= 4 is 17.4 Å². The molecule has 1 amide bonds. The molecular formula is C26H28N4O4. The summed E-state index contributed by atoms with van der Waals surface area (Å²) in [6.07, 6.45) is 1.52. The van der Waals surface area contributed by atoms with Crippen molar-refractivity contribution < 1.29 is 19.4 Å². The van der Waals surface area contributed by atoms with Gasteiger partial charge in [-0.1, -0.05) is 36.4 Å². The third kappa shape index (κ3) is 4.08. The van der Waals surface area contributed by atoms with Crippen LogP contribution in [0.4, 0.5) is 0 Å². The summed E-state index contributed by atoms with van der Waals surface area (Å²) in [5, 5.41) is 15.8. The van der Waals surface area contributed by atoms with Crippen molar-refractivity contribution in [3.8, 4) is 11.4 Å². The third-order valence-electron chi connectivity index (χ3n) is 6.03. The number of benzene rings is 2. The maximum Gasteiger partial charge on any atom is 0.295 e. The van der Waals surface area contributed by atoms with E-state index < -0.39 is 17.7 Å². The number of aliphatic hydroxyl groups excluding tert-OH is 1. The zero-order valence-electron chi connectivity index (χ0n) is 19.7. The molecule has 0 radical (unpaired) electrons. The van der Waals surface area contributed by atoms with Gasteiger partial charge in [0.05, 0.1) is 41.9 Å². The summed E-state index contributed by atoms with van der Waals surface area (Å²) in [5.74, 6) is -1.08. The van der Waals surface area contributed by atoms with E-state index in [-0.39, 0.29) is 11.3 Å². The highest BCUT2D eigenvalue weighted by molar-refractivity contribution is 6.46. The second-order valence-corrected chi connectivity index (χ2v) is 8.43. The minimum Gasteiger partial charge on any atom is -0.507 e. The van der Waals surface area contributed by atoms with Gasteiger partial charge < -0.3 is 19.6 Å². The lowest BCUT2D eigenvalue weighted by Gasteiger charge is -2.27. The van der Waals surface area contributed by atoms with E-state index in [4.69, 9.17) is 4.74 Å². The highest BCUT2D eigenvalue weighted by Crippen LogP contribution is 2.42. The molecule has 3 aromatic rings. The van der Waals surface area contributed by atoms with Gasteiger partial charge in [-0.25, -0.2) is 4.68 Å². The van der Waals surface area contributed by atoms with E-state index >= 15 is 0 Å². The van der Waals surface area contributed by atoms with Crippen LogP contribution < -0.4 is 4.74 Å². The van der Waals surface area contributed by atoms with Gasteiger partial charge in [0.2, 0.25) is 0 Å². The Bertz CT molecular complexity index is 1250. The molecule has 0 bridgehead atoms. The van der Waals surface area contributed by atoms with Crippen LogP contribution in [0.25, 0.3) is 11.4 Å². The van der Waals surface area contributed by atoms with Crippen molar-refractivity contribution in [3.05, 3.63) is 83.2 Å². The van der Waals surface area contributed by atoms with Gasteiger partial charge in [-0.2, -0.15) is 5.10 Å². The third-order valence-corrected chi connectivity index (χ3v) is 6.03. The molecule has 0 saturated carbocycles. The lowest BCUT2D eigenvalue weighted by atomic mass is 9.94. The second-order valence-electron chi connectivity index (χ2n) is 8.43. The number of rotatable bonds is 7. The molecule has 0 unspecified atom stereocenters. The molecule has 2 heterocycles. The van der Waals surface area contributed by atoms with Crippen molar-refractivity contribution in [1.82, 2.24) is 19.6 Å². The number of ketones is 1. The lowest BCUT2D eigenvalue weighted by Crippen LogP contribution is -2.35. The summed E-state index contributed by atoms with van der Waals surface area (Å²) in [6, 6.07) is 16.0. The summed E-state index contributed by atoms with van der Waals surface area (Å²) in [6.45, 7) is 2.69. The molecule has 1 atom stereocenters. The summed E-state index contributed by atoms with van der Waals surface area (Å²) in [5.41, 5.74) is 2.55. The van der Waals surface area contributed by atoms with E-state index in [9.17, 15) is 14.7 Å². The molecule has 1 aliphatic rings. The number of carbonyl (C=O) groups is 2. The second kappa shape index (κ2) is 9.52. The number of ether oxygens (including phenoxy) is 1. The number of nitrogens with zero attached hydrogens (tertiary/aromatic N) is 4. The molecule has 1 aromatic heterocycles. The van der Waals surface area contributed by atoms with E-state index in [2.05, 4.69) is 5.10 Å². The van der Waals surface area contributed by atoms with Gasteiger partial charge in [0.25, 0.3) is 11.7 Å². The van der Waals surface area contributed by atoms with Gasteiger partial charge in [-0.05, 0) is 39.2 Å². The number of methoxy groups -OCH3 is 1. The fourth-order valence-corrected chi connectivity index (χ4v) is 4.25. The highest BCUT2D eigenvalue weighted by Gasteiger charge is 2.47. The average Bonchev–Trinajstić information content (AvgIpc) is 3.35. The quantitative estimate of drug-likeness (QED) is 0.331. The maximum atomic E-state index is 13.3. The van der Waals surface area contributed by atoms with Gasteiger partial charge in [-0.15, -0.1) is 0 Å². The van der Waals surface area contributed by atoms with Crippen LogP contribution in [-0.4, -0.2) is 70.7 Å². The van der Waals surface area contributed by atoms with E-state index in [1.165, 1.54) is 11.1 Å². The number of likely N-dealkylation sites (tertiary alicyclic amines) is 1. The van der Waals surface area contributed by atoms with Crippen LogP contribution in [0, 0.1) is 6.92 Å². The van der Waals surface area contributed by atoms with Gasteiger partial charge in [0, 0.05) is 18.7 Å². The Morgan fingerprint density at radius 3 is 2.44 bits per heavy atom. The first-order valence-corrected chi connectivity index (χ1v) is 11.0. The Labute approximate surface area is 198 Å². The molecule has 176 valence electrons. The van der Waals surface area contributed by atoms with E-state index in [0.29, 0.717) is 35.7 Å². The summed E-state index contributed by atoms with van der Waals surface area (Å²) in [4.78, 5) is 29.8. The van der Waals surface area contributed by atoms with Crippen molar-refractivity contribution in [2.45, 2.75) is 13.0 Å². The zero-order chi connectivity index (χ0) is 24.4. The maximum absolute atomic E-state index is 13.3. The first-order valence-electron chi connectivity index (χ1n) is 11.0. The predicted octanol–water partition coefficient (Wildman–Crippen LogP) is 3.17. The van der Waals surface area contributed by atoms with Crippen LogP contribution in [0.3, 0.4) is 0 Å². The molecule has 4 rings (SSSR count). The molecule has 8 nitrogen and oxygen atoms in total. The van der Waals surface area contributed by atoms with Crippen molar-refractivity contribution in [2.24, 2.45) is 0 Å². The minimum absolute atomic E-state index is 0.0315. The average molecular weight is 461 g/mol. The Balaban J connectivity index is 1.88. The number of hydrogen-bond donors (Lipinski definition) is 1. The van der Waals surface area contributed by atoms with Gasteiger partial charge in [-0.3, -0.25) is 9.59 Å². The molecule has 1 saturated heterocycles. The van der Waals surface area contributed by atoms with Crippen LogP contribution >= 0.6 is 0 Å². The smallest absolute Gasteiger partial charge is 0.295 e. The first-order chi connectivity index (χ1) is 16.3. The van der Waals surface area contributed by atoms with Crippen molar-refractivity contribution in [1.29, 1.82) is 0 Å². The number of Topliss-reactive ketones (excluding diaryl/α,β-unsaturated/α-hetero) is 1. The normalized spacial score (nSPS) is 17.6. The summed E-state index contributed by atoms with van der Waals surface area (Å²) in [7, 11) is 5.34. The topological polar surface area (TPSA) is 87.9 Å². The fraction of sp³-hybridized carbons (Fsp3) is 0.269. The monoisotopic (exact) mass is 460 g/mol. The van der Waals surface area contributed by atoms with E-state index in [0.717, 1.165) is 5.69 Å². The largest absolute Gasteiger partial charge is 0.507 e. The van der Waals surface area contributed by atoms with Gasteiger partial charge in [0.15, 0.2) is 0 Å². The SMILES string of the molecule is COc1ccccc1[C@@H]1/C(=C(\O)c2cnn(-c3ccccc3)c2C)C(=O)C(=O)N1CCN(C)C. The predicted molar refractivity (Wildman–Crippen MR) is 129 cm³/mol. The van der Waals surface area contributed by atoms with Crippen molar-refractivity contribution in [3.63, 3.8) is 0 Å². The van der Waals surface area contributed by atoms with Crippen LogP contribution in [0.5, 0.6) is 5.75 Å². The van der Waals surface area contributed by atoms with Crippen LogP contribution in [-0.2, 0) is 9.59 Å². The summed E-state index contributed by atoms with van der Waals surface area (Å²) >= 11 is 0. The van der Waals surface area contributed by atoms with Gasteiger partial charge in [0.1, 0.15) is 11.5 Å². The van der Waals surface area contributed by atoms with Crippen LogP contribution in [0.2, 0.25) is 0 Å². The zero-order valence-corrected chi connectivity index (χ0v) is 19.7. The van der Waals surface area contributed by atoms with E-state index in [1.807, 2.05) is 74.4 Å². The molecule has 34 heavy (non-hydrogen) atoms. The molecular weight excluding hydrogens is 432 g/mol. The van der Waals surface area contributed by atoms with E-state index in [1.54, 1.807) is 17.9 Å². The molecule has 2 aromatic carbocycles. The van der Waals surface area contributed by atoms with Crippen LogP contribution in [0.1, 0.15) is 22.9 Å². The molecule has 0 spiro atoms. The van der Waals surface area contributed by atoms with Gasteiger partial charge >= 0.3 is 0 Å². The highest BCUT2D eigenvalue weighted by atomic mass is 16.5. The fourth-order valence-electron chi connectivity index (χ4n) is 4.25. The Kier molecular flexibility index (Phi) is 6.51. The standard InChI is InChI=1S/C26H28N4O4/c1-17-20(16-27-30(17)18-10-6-5-7-11-18)24(31)22-23(19-12-8-9-13-21(19)34-4)29(15-14-28(2)3)26(33)25(22)32/h5-13,16,23,31H,14-15H2,1-4H3/b24-22+/t23-/m1/s1. The minimum atomic E-state index is -0.782. The molecule has 8 heteroatoms. The van der Waals surface area contributed by atoms with Crippen molar-refractivity contribution in [2.75, 3.05) is 34.3 Å². The first kappa shape index (κ1) is 23.3. The number of aliphatic hydroxyl groups is 1. The number of para-hydroxylation sites is 2. The Morgan fingerprint density at radius 1 is 1.09 bits per heavy atom. The Hall–Kier alpha value is -3.91. The molecule has 1 aliphatic heterocycles. The molecule has 1 fully saturated rings.